The van der Waals surface area contributed by atoms with E-state index in [0.717, 1.165) is 38.4 Å². The lowest BCUT2D eigenvalue weighted by Crippen LogP contribution is -2.34. The fourth-order valence-electron chi connectivity index (χ4n) is 2.74. The Morgan fingerprint density at radius 2 is 1.84 bits per heavy atom. The minimum absolute atomic E-state index is 0.565. The Bertz CT molecular complexity index is 514. The van der Waals surface area contributed by atoms with Crippen molar-refractivity contribution in [3.8, 4) is 0 Å². The zero-order valence-corrected chi connectivity index (χ0v) is 11.2. The smallest absolute Gasteiger partial charge is 0.225 e. The number of hydrogen-bond acceptors (Lipinski definition) is 4. The van der Waals surface area contributed by atoms with Crippen LogP contribution >= 0.6 is 0 Å². The van der Waals surface area contributed by atoms with Gasteiger partial charge in [-0.1, -0.05) is 0 Å². The zero-order chi connectivity index (χ0) is 13.1. The summed E-state index contributed by atoms with van der Waals surface area (Å²) in [5.74, 6) is 2.64. The second kappa shape index (κ2) is 5.38. The fraction of sp³-hybridized carbons (Fsp3) is 0.500. The lowest BCUT2D eigenvalue weighted by atomic mass is 9.96. The summed E-state index contributed by atoms with van der Waals surface area (Å²) < 4.78 is 2.25. The molecule has 5 heteroatoms. The Morgan fingerprint density at radius 1 is 1.11 bits per heavy atom. The van der Waals surface area contributed by atoms with Crippen molar-refractivity contribution in [2.45, 2.75) is 32.2 Å². The van der Waals surface area contributed by atoms with Gasteiger partial charge in [-0.25, -0.2) is 15.0 Å². The summed E-state index contributed by atoms with van der Waals surface area (Å²) in [5.41, 5.74) is 0. The summed E-state index contributed by atoms with van der Waals surface area (Å²) >= 11 is 0. The molecule has 3 heterocycles. The van der Waals surface area contributed by atoms with Crippen molar-refractivity contribution in [3.63, 3.8) is 0 Å². The van der Waals surface area contributed by atoms with Gasteiger partial charge in [0.25, 0.3) is 0 Å². The first-order valence-corrected chi connectivity index (χ1v) is 6.91. The molecule has 0 spiro atoms. The van der Waals surface area contributed by atoms with Crippen LogP contribution in [0.1, 0.15) is 31.5 Å². The molecule has 0 amide bonds. The molecule has 1 fully saturated rings. The molecule has 0 N–H and O–H groups in total. The molecular formula is C14H19N5. The number of nitrogens with zero attached hydrogens (tertiary/aromatic N) is 5. The van der Waals surface area contributed by atoms with E-state index >= 15 is 0 Å². The molecule has 1 saturated heterocycles. The van der Waals surface area contributed by atoms with E-state index in [-0.39, 0.29) is 0 Å². The van der Waals surface area contributed by atoms with Crippen LogP contribution in [-0.2, 0) is 6.54 Å². The maximum Gasteiger partial charge on any atom is 0.225 e. The Hall–Kier alpha value is -1.91. The van der Waals surface area contributed by atoms with E-state index in [9.17, 15) is 0 Å². The first kappa shape index (κ1) is 12.1. The van der Waals surface area contributed by atoms with Crippen molar-refractivity contribution >= 4 is 5.95 Å². The third kappa shape index (κ3) is 2.45. The van der Waals surface area contributed by atoms with Crippen LogP contribution in [0.3, 0.4) is 0 Å². The van der Waals surface area contributed by atoms with Crippen LogP contribution in [0.2, 0.25) is 0 Å². The maximum absolute atomic E-state index is 4.52. The van der Waals surface area contributed by atoms with Crippen LogP contribution in [-0.4, -0.2) is 32.6 Å². The molecule has 19 heavy (non-hydrogen) atoms. The van der Waals surface area contributed by atoms with E-state index in [4.69, 9.17) is 0 Å². The van der Waals surface area contributed by atoms with Gasteiger partial charge in [-0.05, 0) is 25.8 Å². The standard InChI is InChI=1S/C14H19N5/c1-2-18-11-8-15-13(18)12-4-9-19(10-5-12)14-16-6-3-7-17-14/h3,6-8,11-12H,2,4-5,9-10H2,1H3. The van der Waals surface area contributed by atoms with E-state index in [1.165, 1.54) is 5.82 Å². The highest BCUT2D eigenvalue weighted by molar-refractivity contribution is 5.29. The van der Waals surface area contributed by atoms with E-state index in [2.05, 4.69) is 37.5 Å². The van der Waals surface area contributed by atoms with Crippen molar-refractivity contribution in [3.05, 3.63) is 36.7 Å². The minimum atomic E-state index is 0.565. The summed E-state index contributed by atoms with van der Waals surface area (Å²) in [5, 5.41) is 0. The SMILES string of the molecule is CCn1ccnc1C1CCN(c2ncccn2)CC1. The largest absolute Gasteiger partial charge is 0.341 e. The van der Waals surface area contributed by atoms with Gasteiger partial charge in [-0.2, -0.15) is 0 Å². The Balaban J connectivity index is 1.67. The van der Waals surface area contributed by atoms with Gasteiger partial charge in [0.05, 0.1) is 0 Å². The second-order valence-electron chi connectivity index (χ2n) is 4.88. The van der Waals surface area contributed by atoms with Crippen molar-refractivity contribution in [1.82, 2.24) is 19.5 Å². The number of aromatic nitrogens is 4. The molecule has 2 aromatic rings. The summed E-state index contributed by atoms with van der Waals surface area (Å²) in [6.07, 6.45) is 9.83. The topological polar surface area (TPSA) is 46.8 Å². The minimum Gasteiger partial charge on any atom is -0.341 e. The lowest BCUT2D eigenvalue weighted by molar-refractivity contribution is 0.464. The van der Waals surface area contributed by atoms with Crippen molar-refractivity contribution in [1.29, 1.82) is 0 Å². The van der Waals surface area contributed by atoms with Crippen molar-refractivity contribution in [2.75, 3.05) is 18.0 Å². The summed E-state index contributed by atoms with van der Waals surface area (Å²) in [4.78, 5) is 15.4. The first-order chi connectivity index (χ1) is 9.38. The molecule has 0 radical (unpaired) electrons. The fourth-order valence-corrected chi connectivity index (χ4v) is 2.74. The summed E-state index contributed by atoms with van der Waals surface area (Å²) in [6, 6.07) is 1.86. The average molecular weight is 257 g/mol. The van der Waals surface area contributed by atoms with Crippen LogP contribution in [0.15, 0.2) is 30.9 Å². The number of hydrogen-bond donors (Lipinski definition) is 0. The van der Waals surface area contributed by atoms with Crippen molar-refractivity contribution in [2.24, 2.45) is 0 Å². The predicted octanol–water partition coefficient (Wildman–Crippen LogP) is 2.08. The number of piperidine rings is 1. The van der Waals surface area contributed by atoms with Gasteiger partial charge in [0.2, 0.25) is 5.95 Å². The summed E-state index contributed by atoms with van der Waals surface area (Å²) in [6.45, 7) is 5.17. The third-order valence-corrected chi connectivity index (χ3v) is 3.78. The number of anilines is 1. The molecule has 3 rings (SSSR count). The highest BCUT2D eigenvalue weighted by atomic mass is 15.2. The van der Waals surface area contributed by atoms with Gasteiger partial charge in [-0.15, -0.1) is 0 Å². The molecular weight excluding hydrogens is 238 g/mol. The van der Waals surface area contributed by atoms with Crippen LogP contribution in [0, 0.1) is 0 Å². The van der Waals surface area contributed by atoms with Gasteiger partial charge in [0.15, 0.2) is 0 Å². The van der Waals surface area contributed by atoms with Gasteiger partial charge in [-0.3, -0.25) is 0 Å². The van der Waals surface area contributed by atoms with Crippen LogP contribution < -0.4 is 4.90 Å². The average Bonchev–Trinajstić information content (AvgIpc) is 2.97. The molecule has 1 aliphatic heterocycles. The van der Waals surface area contributed by atoms with Crippen molar-refractivity contribution < 1.29 is 0 Å². The van der Waals surface area contributed by atoms with Crippen LogP contribution in [0.4, 0.5) is 5.95 Å². The predicted molar refractivity (Wildman–Crippen MR) is 74.1 cm³/mol. The number of imidazole rings is 1. The molecule has 0 saturated carbocycles. The van der Waals surface area contributed by atoms with Gasteiger partial charge in [0, 0.05) is 50.3 Å². The Morgan fingerprint density at radius 3 is 2.53 bits per heavy atom. The number of rotatable bonds is 3. The highest BCUT2D eigenvalue weighted by Crippen LogP contribution is 2.28. The molecule has 100 valence electrons. The molecule has 0 aliphatic carbocycles. The Labute approximate surface area is 113 Å². The van der Waals surface area contributed by atoms with Gasteiger partial charge >= 0.3 is 0 Å². The quantitative estimate of drug-likeness (QED) is 0.844. The number of aryl methyl sites for hydroxylation is 1. The zero-order valence-electron chi connectivity index (χ0n) is 11.2. The lowest BCUT2D eigenvalue weighted by Gasteiger charge is -2.31. The van der Waals surface area contributed by atoms with E-state index in [0.29, 0.717) is 5.92 Å². The van der Waals surface area contributed by atoms with E-state index in [1.807, 2.05) is 12.3 Å². The normalized spacial score (nSPS) is 16.8. The van der Waals surface area contributed by atoms with Gasteiger partial charge in [0.1, 0.15) is 5.82 Å². The van der Waals surface area contributed by atoms with Gasteiger partial charge < -0.3 is 9.47 Å². The Kier molecular flexibility index (Phi) is 3.44. The third-order valence-electron chi connectivity index (χ3n) is 3.78. The molecule has 0 aromatic carbocycles. The maximum atomic E-state index is 4.52. The molecule has 0 bridgehead atoms. The van der Waals surface area contributed by atoms with Crippen LogP contribution in [0.5, 0.6) is 0 Å². The van der Waals surface area contributed by atoms with E-state index in [1.54, 1.807) is 12.4 Å². The summed E-state index contributed by atoms with van der Waals surface area (Å²) in [7, 11) is 0. The molecule has 0 atom stereocenters. The molecule has 2 aromatic heterocycles. The highest BCUT2D eigenvalue weighted by Gasteiger charge is 2.24. The monoisotopic (exact) mass is 257 g/mol. The van der Waals surface area contributed by atoms with Crippen LogP contribution in [0.25, 0.3) is 0 Å². The second-order valence-corrected chi connectivity index (χ2v) is 4.88. The molecule has 5 nitrogen and oxygen atoms in total. The first-order valence-electron chi connectivity index (χ1n) is 6.91. The molecule has 1 aliphatic rings. The van der Waals surface area contributed by atoms with E-state index < -0.39 is 0 Å². The molecule has 0 unspecified atom stereocenters.